The van der Waals surface area contributed by atoms with Crippen molar-refractivity contribution in [2.45, 2.75) is 26.5 Å². The molecule has 6 nitrogen and oxygen atoms in total. The number of rotatable bonds is 6. The van der Waals surface area contributed by atoms with Gasteiger partial charge in [-0.2, -0.15) is 5.26 Å². The number of benzene rings is 2. The molecule has 1 heterocycles. The molecule has 2 aromatic carbocycles. The van der Waals surface area contributed by atoms with E-state index in [9.17, 15) is 14.9 Å². The van der Waals surface area contributed by atoms with Crippen LogP contribution in [0, 0.1) is 11.3 Å². The lowest BCUT2D eigenvalue weighted by Gasteiger charge is -2.16. The van der Waals surface area contributed by atoms with Crippen LogP contribution < -0.4 is 9.47 Å². The van der Waals surface area contributed by atoms with Crippen LogP contribution in [-0.2, 0) is 11.4 Å². The number of hydrogen-bond donors (Lipinski definition) is 0. The fourth-order valence-electron chi connectivity index (χ4n) is 2.91. The van der Waals surface area contributed by atoms with Crippen LogP contribution in [-0.4, -0.2) is 29.2 Å². The number of thioether (sulfide) groups is 1. The summed E-state index contributed by atoms with van der Waals surface area (Å²) in [5, 5.41) is 8.95. The first-order valence-electron chi connectivity index (χ1n) is 9.11. The molecule has 0 radical (unpaired) electrons. The van der Waals surface area contributed by atoms with E-state index in [0.29, 0.717) is 32.0 Å². The van der Waals surface area contributed by atoms with Crippen LogP contribution >= 0.6 is 27.7 Å². The number of ether oxygens (including phenoxy) is 2. The molecule has 154 valence electrons. The van der Waals surface area contributed by atoms with Gasteiger partial charge in [-0.3, -0.25) is 14.5 Å². The van der Waals surface area contributed by atoms with E-state index < -0.39 is 0 Å². The van der Waals surface area contributed by atoms with Gasteiger partial charge in [0.25, 0.3) is 11.1 Å². The number of methoxy groups -OCH3 is 1. The summed E-state index contributed by atoms with van der Waals surface area (Å²) >= 11 is 4.42. The molecule has 0 aromatic heterocycles. The molecule has 0 atom stereocenters. The number of halogens is 1. The second-order valence-corrected chi connectivity index (χ2v) is 8.58. The van der Waals surface area contributed by atoms with Crippen molar-refractivity contribution in [3.05, 3.63) is 62.5 Å². The highest BCUT2D eigenvalue weighted by atomic mass is 79.9. The Morgan fingerprint density at radius 1 is 1.23 bits per heavy atom. The van der Waals surface area contributed by atoms with Gasteiger partial charge >= 0.3 is 0 Å². The molecule has 30 heavy (non-hydrogen) atoms. The van der Waals surface area contributed by atoms with Crippen LogP contribution in [0.1, 0.15) is 30.5 Å². The zero-order valence-electron chi connectivity index (χ0n) is 16.6. The second kappa shape index (κ2) is 9.37. The van der Waals surface area contributed by atoms with E-state index in [2.05, 4.69) is 22.0 Å². The molecule has 0 aliphatic carbocycles. The zero-order chi connectivity index (χ0) is 21.8. The van der Waals surface area contributed by atoms with E-state index in [4.69, 9.17) is 9.47 Å². The van der Waals surface area contributed by atoms with E-state index >= 15 is 0 Å². The maximum atomic E-state index is 12.5. The summed E-state index contributed by atoms with van der Waals surface area (Å²) in [6, 6.07) is 12.6. The van der Waals surface area contributed by atoms with Gasteiger partial charge in [0, 0.05) is 16.1 Å². The summed E-state index contributed by atoms with van der Waals surface area (Å²) in [6.07, 6.45) is 1.66. The predicted molar refractivity (Wildman–Crippen MR) is 119 cm³/mol. The predicted octanol–water partition coefficient (Wildman–Crippen LogP) is 5.35. The maximum Gasteiger partial charge on any atom is 0.293 e. The Kier molecular flexibility index (Phi) is 6.85. The average Bonchev–Trinajstić information content (AvgIpc) is 3.01. The molecule has 0 saturated carbocycles. The molecular formula is C22H19BrN2O4S. The summed E-state index contributed by atoms with van der Waals surface area (Å²) in [7, 11) is 1.52. The van der Waals surface area contributed by atoms with Crippen molar-refractivity contribution >= 4 is 44.9 Å². The summed E-state index contributed by atoms with van der Waals surface area (Å²) in [5.74, 6) is 0.658. The van der Waals surface area contributed by atoms with Gasteiger partial charge in [0.05, 0.1) is 23.6 Å². The largest absolute Gasteiger partial charge is 0.493 e. The highest BCUT2D eigenvalue weighted by Crippen LogP contribution is 2.38. The van der Waals surface area contributed by atoms with Crippen LogP contribution in [0.15, 0.2) is 45.8 Å². The summed E-state index contributed by atoms with van der Waals surface area (Å²) < 4.78 is 12.0. The molecule has 0 bridgehead atoms. The number of imide groups is 1. The monoisotopic (exact) mass is 486 g/mol. The quantitative estimate of drug-likeness (QED) is 0.511. The van der Waals surface area contributed by atoms with Gasteiger partial charge in [-0.05, 0) is 55.4 Å². The Morgan fingerprint density at radius 3 is 2.60 bits per heavy atom. The molecule has 2 amide bonds. The van der Waals surface area contributed by atoms with Crippen LogP contribution in [0.2, 0.25) is 0 Å². The third kappa shape index (κ3) is 4.53. The number of nitriles is 1. The third-order valence-electron chi connectivity index (χ3n) is 4.43. The Balaban J connectivity index is 1.87. The van der Waals surface area contributed by atoms with Gasteiger partial charge in [0.2, 0.25) is 0 Å². The molecule has 1 fully saturated rings. The standard InChI is InChI=1S/C22H19BrN2O4S/c1-13(2)25-21(26)20(30-22(25)27)9-16-8-18(28-3)19(10-17(16)23)29-12-15-7-5-4-6-14(15)11-24/h4-10,13H,12H2,1-3H3/b20-9+. The second-order valence-electron chi connectivity index (χ2n) is 6.73. The minimum Gasteiger partial charge on any atom is -0.493 e. The Hall–Kier alpha value is -2.76. The summed E-state index contributed by atoms with van der Waals surface area (Å²) in [4.78, 5) is 26.2. The van der Waals surface area contributed by atoms with Crippen molar-refractivity contribution in [3.8, 4) is 17.6 Å². The van der Waals surface area contributed by atoms with E-state index in [-0.39, 0.29) is 23.8 Å². The molecule has 1 aliphatic heterocycles. The molecule has 3 rings (SSSR count). The smallest absolute Gasteiger partial charge is 0.293 e. The lowest BCUT2D eigenvalue weighted by atomic mass is 10.1. The maximum absolute atomic E-state index is 12.5. The lowest BCUT2D eigenvalue weighted by Crippen LogP contribution is -2.34. The highest BCUT2D eigenvalue weighted by molar-refractivity contribution is 9.10. The first-order valence-corrected chi connectivity index (χ1v) is 10.7. The molecule has 0 N–H and O–H groups in total. The molecule has 1 saturated heterocycles. The van der Waals surface area contributed by atoms with E-state index in [1.807, 2.05) is 12.1 Å². The average molecular weight is 487 g/mol. The van der Waals surface area contributed by atoms with Crippen molar-refractivity contribution in [2.75, 3.05) is 7.11 Å². The highest BCUT2D eigenvalue weighted by Gasteiger charge is 2.36. The lowest BCUT2D eigenvalue weighted by molar-refractivity contribution is -0.123. The van der Waals surface area contributed by atoms with Gasteiger partial charge in [-0.1, -0.05) is 34.1 Å². The minimum absolute atomic E-state index is 0.201. The van der Waals surface area contributed by atoms with Crippen LogP contribution in [0.3, 0.4) is 0 Å². The topological polar surface area (TPSA) is 79.6 Å². The Labute approximate surface area is 187 Å². The van der Waals surface area contributed by atoms with Gasteiger partial charge in [0.15, 0.2) is 11.5 Å². The van der Waals surface area contributed by atoms with E-state index in [1.165, 1.54) is 12.0 Å². The number of hydrogen-bond acceptors (Lipinski definition) is 6. The zero-order valence-corrected chi connectivity index (χ0v) is 19.0. The molecular weight excluding hydrogens is 468 g/mol. The van der Waals surface area contributed by atoms with Crippen LogP contribution in [0.5, 0.6) is 11.5 Å². The van der Waals surface area contributed by atoms with Crippen LogP contribution in [0.25, 0.3) is 6.08 Å². The fraction of sp³-hybridized carbons (Fsp3) is 0.227. The van der Waals surface area contributed by atoms with Gasteiger partial charge in [-0.25, -0.2) is 0 Å². The fourth-order valence-corrected chi connectivity index (χ4v) is 4.30. The summed E-state index contributed by atoms with van der Waals surface area (Å²) in [6.45, 7) is 3.81. The normalized spacial score (nSPS) is 15.1. The van der Waals surface area contributed by atoms with Gasteiger partial charge in [0.1, 0.15) is 6.61 Å². The minimum atomic E-state index is -0.306. The Morgan fingerprint density at radius 2 is 1.97 bits per heavy atom. The van der Waals surface area contributed by atoms with Crippen molar-refractivity contribution in [1.29, 1.82) is 5.26 Å². The first-order chi connectivity index (χ1) is 14.3. The van der Waals surface area contributed by atoms with Crippen LogP contribution in [0.4, 0.5) is 4.79 Å². The molecule has 1 aliphatic rings. The number of carbonyl (C=O) groups is 2. The van der Waals surface area contributed by atoms with E-state index in [1.54, 1.807) is 44.2 Å². The van der Waals surface area contributed by atoms with Crippen molar-refractivity contribution in [2.24, 2.45) is 0 Å². The number of carbonyl (C=O) groups excluding carboxylic acids is 2. The summed E-state index contributed by atoms with van der Waals surface area (Å²) in [5.41, 5.74) is 2.00. The molecule has 0 unspecified atom stereocenters. The first kappa shape index (κ1) is 21.9. The van der Waals surface area contributed by atoms with Gasteiger partial charge < -0.3 is 9.47 Å². The molecule has 0 spiro atoms. The number of nitrogens with zero attached hydrogens (tertiary/aromatic N) is 2. The SMILES string of the molecule is COc1cc(/C=C2/SC(=O)N(C(C)C)C2=O)c(Br)cc1OCc1ccccc1C#N. The van der Waals surface area contributed by atoms with Crippen molar-refractivity contribution in [1.82, 2.24) is 4.90 Å². The Bertz CT molecular complexity index is 1080. The molecule has 8 heteroatoms. The van der Waals surface area contributed by atoms with Crippen molar-refractivity contribution < 1.29 is 19.1 Å². The third-order valence-corrected chi connectivity index (χ3v) is 6.00. The van der Waals surface area contributed by atoms with E-state index in [0.717, 1.165) is 17.3 Å². The van der Waals surface area contributed by atoms with Gasteiger partial charge in [-0.15, -0.1) is 0 Å². The number of amides is 2. The van der Waals surface area contributed by atoms with Crippen molar-refractivity contribution in [3.63, 3.8) is 0 Å². The molecule has 2 aromatic rings.